The minimum Gasteiger partial charge on any atom is -0.309 e. The van der Waals surface area contributed by atoms with Crippen molar-refractivity contribution in [1.82, 2.24) is 13.4 Å². The number of rotatable bonds is 4. The Bertz CT molecular complexity index is 3450. The molecule has 0 radical (unpaired) electrons. The number of aromatic nitrogens is 3. The molecule has 0 aliphatic heterocycles. The molecule has 0 aliphatic carbocycles. The molecular formula is C53H35N3O. The molecule has 0 unspecified atom stereocenters. The Morgan fingerprint density at radius 2 is 0.772 bits per heavy atom. The van der Waals surface area contributed by atoms with E-state index in [1.165, 1.54) is 5.56 Å². The van der Waals surface area contributed by atoms with Gasteiger partial charge < -0.3 is 4.57 Å². The van der Waals surface area contributed by atoms with Crippen LogP contribution in [-0.2, 0) is 0 Å². The fraction of sp³-hybridized carbons (Fsp3) is 0. The number of benzene rings is 8. The molecular weight excluding hydrogens is 695 g/mol. The molecule has 11 aromatic rings. The molecule has 0 spiro atoms. The van der Waals surface area contributed by atoms with Gasteiger partial charge in [-0.2, -0.15) is 0 Å². The van der Waals surface area contributed by atoms with Crippen molar-refractivity contribution in [3.63, 3.8) is 0 Å². The van der Waals surface area contributed by atoms with Gasteiger partial charge in [-0.05, 0) is 76.3 Å². The maximum Gasteiger partial charge on any atom is 0.338 e. The molecule has 4 nitrogen and oxygen atoms in total. The molecule has 0 atom stereocenters. The molecule has 268 valence electrons. The lowest BCUT2D eigenvalue weighted by atomic mass is 9.99. The second kappa shape index (κ2) is 13.3. The van der Waals surface area contributed by atoms with Crippen molar-refractivity contribution in [3.8, 4) is 39.2 Å². The van der Waals surface area contributed by atoms with Gasteiger partial charge in [-0.25, -0.2) is 4.79 Å². The minimum atomic E-state index is -0.117. The Labute approximate surface area is 328 Å². The van der Waals surface area contributed by atoms with E-state index < -0.39 is 0 Å². The zero-order chi connectivity index (χ0) is 37.9. The first-order valence-electron chi connectivity index (χ1n) is 19.3. The second-order valence-corrected chi connectivity index (χ2v) is 14.5. The molecule has 0 saturated carbocycles. The summed E-state index contributed by atoms with van der Waals surface area (Å²) in [6.07, 6.45) is 0. The molecule has 0 N–H and O–H groups in total. The summed E-state index contributed by atoms with van der Waals surface area (Å²) in [4.78, 5) is 15.5. The molecule has 57 heavy (non-hydrogen) atoms. The summed E-state index contributed by atoms with van der Waals surface area (Å²) in [7, 11) is 0. The highest BCUT2D eigenvalue weighted by molar-refractivity contribution is 6.16. The standard InChI is InChI=1S/C53H35N3O/c57-53-55-47(39-19-8-3-9-20-39)33-34-50(55)45-24-14-23-44-46-35-40(37-17-6-2-7-18-37)29-32-51(46)54(41-30-27-38(28-31-41)36-15-4-1-5-16-36)48-25-12-10-21-42(48)43-22-11-13-26-49(43)56(53)52(44)45/h1-35H. The van der Waals surface area contributed by atoms with Crippen LogP contribution in [0.3, 0.4) is 0 Å². The second-order valence-electron chi connectivity index (χ2n) is 14.5. The Balaban J connectivity index is 1.40. The summed E-state index contributed by atoms with van der Waals surface area (Å²) < 4.78 is 6.23. The highest BCUT2D eigenvalue weighted by Crippen LogP contribution is 2.37. The number of hydrogen-bond acceptors (Lipinski definition) is 1. The zero-order valence-electron chi connectivity index (χ0n) is 31.0. The first kappa shape index (κ1) is 32.7. The van der Waals surface area contributed by atoms with E-state index in [4.69, 9.17) is 0 Å². The Morgan fingerprint density at radius 3 is 1.47 bits per heavy atom. The fourth-order valence-electron chi connectivity index (χ4n) is 8.71. The molecule has 3 aromatic heterocycles. The monoisotopic (exact) mass is 729 g/mol. The summed E-state index contributed by atoms with van der Waals surface area (Å²) >= 11 is 0. The van der Waals surface area contributed by atoms with Gasteiger partial charge in [0, 0.05) is 32.6 Å². The van der Waals surface area contributed by atoms with E-state index >= 15 is 4.79 Å². The number of nitrogens with zero attached hydrogens (tertiary/aromatic N) is 3. The van der Waals surface area contributed by atoms with Crippen molar-refractivity contribution in [2.75, 3.05) is 0 Å². The lowest BCUT2D eigenvalue weighted by Crippen LogP contribution is -2.22. The summed E-state index contributed by atoms with van der Waals surface area (Å²) in [6.45, 7) is 0. The molecule has 3 heterocycles. The third-order valence-electron chi connectivity index (χ3n) is 11.3. The van der Waals surface area contributed by atoms with Crippen LogP contribution in [0.15, 0.2) is 217 Å². The van der Waals surface area contributed by atoms with Gasteiger partial charge in [-0.3, -0.25) is 8.80 Å². The van der Waals surface area contributed by atoms with Gasteiger partial charge >= 0.3 is 5.69 Å². The van der Waals surface area contributed by atoms with Crippen LogP contribution < -0.4 is 5.69 Å². The van der Waals surface area contributed by atoms with E-state index in [0.717, 1.165) is 88.1 Å². The average molecular weight is 730 g/mol. The van der Waals surface area contributed by atoms with Crippen molar-refractivity contribution in [1.29, 1.82) is 0 Å². The molecule has 0 aliphatic rings. The van der Waals surface area contributed by atoms with Gasteiger partial charge in [0.25, 0.3) is 0 Å². The molecule has 4 heteroatoms. The van der Waals surface area contributed by atoms with Gasteiger partial charge in [0.15, 0.2) is 0 Å². The van der Waals surface area contributed by atoms with Crippen LogP contribution in [-0.4, -0.2) is 13.4 Å². The normalized spacial score (nSPS) is 11.6. The predicted molar refractivity (Wildman–Crippen MR) is 238 cm³/mol. The van der Waals surface area contributed by atoms with Crippen LogP contribution in [0.4, 0.5) is 0 Å². The summed E-state index contributed by atoms with van der Waals surface area (Å²) in [5.41, 5.74) is 11.9. The Morgan fingerprint density at radius 1 is 0.298 bits per heavy atom. The molecule has 11 rings (SSSR count). The van der Waals surface area contributed by atoms with Gasteiger partial charge in [-0.15, -0.1) is 0 Å². The highest BCUT2D eigenvalue weighted by Gasteiger charge is 2.18. The van der Waals surface area contributed by atoms with Gasteiger partial charge in [0.05, 0.1) is 33.3 Å². The van der Waals surface area contributed by atoms with E-state index in [1.807, 2.05) is 33.1 Å². The summed E-state index contributed by atoms with van der Waals surface area (Å²) in [5.74, 6) is 0. The van der Waals surface area contributed by atoms with Crippen molar-refractivity contribution in [2.24, 2.45) is 0 Å². The van der Waals surface area contributed by atoms with E-state index in [9.17, 15) is 0 Å². The lowest BCUT2D eigenvalue weighted by Gasteiger charge is -2.18. The maximum atomic E-state index is 15.5. The van der Waals surface area contributed by atoms with E-state index in [2.05, 4.69) is 193 Å². The molecule has 0 amide bonds. The van der Waals surface area contributed by atoms with Crippen LogP contribution in [0.2, 0.25) is 0 Å². The van der Waals surface area contributed by atoms with Crippen LogP contribution in [0.1, 0.15) is 0 Å². The SMILES string of the molecule is O=c1n2c(-c3ccccc3)ccc2c2cccc3c4cc(-c5ccccc5)ccc4n(-c4ccc(-c5ccccc5)cc4)c4ccccc4c4ccccc4n1c32. The first-order valence-corrected chi connectivity index (χ1v) is 19.3. The molecule has 0 bridgehead atoms. The first-order chi connectivity index (χ1) is 28.2. The Hall–Kier alpha value is -7.69. The maximum absolute atomic E-state index is 15.5. The largest absolute Gasteiger partial charge is 0.338 e. The van der Waals surface area contributed by atoms with Crippen LogP contribution in [0.5, 0.6) is 0 Å². The van der Waals surface area contributed by atoms with E-state index in [-0.39, 0.29) is 5.69 Å². The highest BCUT2D eigenvalue weighted by atomic mass is 16.1. The molecule has 0 saturated heterocycles. The fourth-order valence-corrected chi connectivity index (χ4v) is 8.71. The number of hydrogen-bond donors (Lipinski definition) is 0. The van der Waals surface area contributed by atoms with Crippen LogP contribution >= 0.6 is 0 Å². The predicted octanol–water partition coefficient (Wildman–Crippen LogP) is 13.1. The van der Waals surface area contributed by atoms with Crippen molar-refractivity contribution < 1.29 is 0 Å². The van der Waals surface area contributed by atoms with E-state index in [0.29, 0.717) is 0 Å². The average Bonchev–Trinajstić information content (AvgIpc) is 3.74. The van der Waals surface area contributed by atoms with Crippen molar-refractivity contribution in [2.45, 2.75) is 0 Å². The van der Waals surface area contributed by atoms with Gasteiger partial charge in [0.1, 0.15) is 0 Å². The minimum absolute atomic E-state index is 0.117. The summed E-state index contributed by atoms with van der Waals surface area (Å²) in [5, 5.41) is 4.98. The van der Waals surface area contributed by atoms with Gasteiger partial charge in [0.2, 0.25) is 0 Å². The lowest BCUT2D eigenvalue weighted by molar-refractivity contribution is 0.990. The van der Waals surface area contributed by atoms with Crippen molar-refractivity contribution in [3.05, 3.63) is 223 Å². The third kappa shape index (κ3) is 5.26. The third-order valence-corrected chi connectivity index (χ3v) is 11.3. The van der Waals surface area contributed by atoms with Gasteiger partial charge in [-0.1, -0.05) is 164 Å². The van der Waals surface area contributed by atoms with E-state index in [1.54, 1.807) is 0 Å². The topological polar surface area (TPSA) is 30.8 Å². The van der Waals surface area contributed by atoms with Crippen LogP contribution in [0, 0.1) is 0 Å². The summed E-state index contributed by atoms with van der Waals surface area (Å²) in [6, 6.07) is 74.4. The zero-order valence-corrected chi connectivity index (χ0v) is 31.0. The van der Waals surface area contributed by atoms with Crippen LogP contribution in [0.25, 0.3) is 93.7 Å². The quantitative estimate of drug-likeness (QED) is 0.177. The Kier molecular flexibility index (Phi) is 7.61. The smallest absolute Gasteiger partial charge is 0.309 e. The molecule has 8 aromatic carbocycles. The number of para-hydroxylation sites is 3. The number of fused-ring (bicyclic) bond motifs is 8. The van der Waals surface area contributed by atoms with Crippen molar-refractivity contribution >= 4 is 54.5 Å². The molecule has 0 fully saturated rings.